The lowest BCUT2D eigenvalue weighted by Crippen LogP contribution is -2.13. The average Bonchev–Trinajstić information content (AvgIpc) is 2.62. The first-order valence-electron chi connectivity index (χ1n) is 5.25. The summed E-state index contributed by atoms with van der Waals surface area (Å²) in [5.74, 6) is 1.69. The smallest absolute Gasteiger partial charge is 0.0684 e. The van der Waals surface area contributed by atoms with Crippen molar-refractivity contribution < 1.29 is 0 Å². The Morgan fingerprint density at radius 3 is 2.93 bits per heavy atom. The van der Waals surface area contributed by atoms with E-state index in [0.29, 0.717) is 5.92 Å². The van der Waals surface area contributed by atoms with E-state index in [0.717, 1.165) is 12.2 Å². The van der Waals surface area contributed by atoms with Gasteiger partial charge in [-0.25, -0.2) is 0 Å². The molecule has 0 aliphatic carbocycles. The van der Waals surface area contributed by atoms with E-state index in [2.05, 4.69) is 30.3 Å². The van der Waals surface area contributed by atoms with Crippen molar-refractivity contribution >= 4 is 11.8 Å². The zero-order valence-corrected chi connectivity index (χ0v) is 9.97. The molecule has 0 saturated heterocycles. The Morgan fingerprint density at radius 2 is 2.20 bits per heavy atom. The number of thioether (sulfide) groups is 1. The fraction of sp³-hybridized carbons (Fsp3) is 0.462. The lowest BCUT2D eigenvalue weighted by atomic mass is 9.82. The molecule has 0 amide bonds. The molecule has 0 spiro atoms. The molecule has 1 unspecified atom stereocenters. The summed E-state index contributed by atoms with van der Waals surface area (Å²) in [5.41, 5.74) is 1.23. The third-order valence-corrected chi connectivity index (χ3v) is 4.11. The quantitative estimate of drug-likeness (QED) is 0.752. The van der Waals surface area contributed by atoms with Gasteiger partial charge >= 0.3 is 0 Å². The number of nitrogens with zero attached hydrogens (tertiary/aromatic N) is 1. The fourth-order valence-electron chi connectivity index (χ4n) is 2.06. The van der Waals surface area contributed by atoms with Gasteiger partial charge in [-0.1, -0.05) is 18.2 Å². The topological polar surface area (TPSA) is 23.8 Å². The van der Waals surface area contributed by atoms with Crippen LogP contribution in [0.4, 0.5) is 0 Å². The van der Waals surface area contributed by atoms with Crippen molar-refractivity contribution in [2.75, 3.05) is 5.75 Å². The summed E-state index contributed by atoms with van der Waals surface area (Å²) in [7, 11) is 0. The number of rotatable bonds is 2. The molecule has 1 aromatic rings. The van der Waals surface area contributed by atoms with E-state index in [9.17, 15) is 0 Å². The van der Waals surface area contributed by atoms with Gasteiger partial charge in [0.15, 0.2) is 0 Å². The molecule has 15 heavy (non-hydrogen) atoms. The van der Waals surface area contributed by atoms with Crippen LogP contribution in [-0.4, -0.2) is 5.75 Å². The van der Waals surface area contributed by atoms with E-state index >= 15 is 0 Å². The van der Waals surface area contributed by atoms with Crippen molar-refractivity contribution in [3.8, 4) is 6.07 Å². The maximum absolute atomic E-state index is 9.05. The molecule has 78 valence electrons. The van der Waals surface area contributed by atoms with Crippen LogP contribution in [0, 0.1) is 16.7 Å². The molecule has 1 aliphatic rings. The Kier molecular flexibility index (Phi) is 2.75. The maximum Gasteiger partial charge on any atom is 0.0684 e. The van der Waals surface area contributed by atoms with Gasteiger partial charge in [-0.2, -0.15) is 5.26 Å². The highest BCUT2D eigenvalue weighted by Gasteiger charge is 2.29. The molecule has 2 heteroatoms. The first kappa shape index (κ1) is 10.6. The molecule has 0 fully saturated rings. The lowest BCUT2D eigenvalue weighted by molar-refractivity contribution is 0.417. The zero-order chi connectivity index (χ0) is 10.9. The predicted octanol–water partition coefficient (Wildman–Crippen LogP) is 3.82. The number of benzene rings is 1. The fourth-order valence-corrected chi connectivity index (χ4v) is 3.31. The lowest BCUT2D eigenvalue weighted by Gasteiger charge is -2.20. The second kappa shape index (κ2) is 3.90. The summed E-state index contributed by atoms with van der Waals surface area (Å²) in [4.78, 5) is 1.40. The minimum atomic E-state index is -0.206. The van der Waals surface area contributed by atoms with Gasteiger partial charge in [0.2, 0.25) is 0 Å². The van der Waals surface area contributed by atoms with Crippen molar-refractivity contribution in [1.29, 1.82) is 5.26 Å². The molecule has 2 rings (SSSR count). The Bertz CT molecular complexity index is 403. The normalized spacial score (nSPS) is 19.7. The molecule has 1 heterocycles. The first-order valence-corrected chi connectivity index (χ1v) is 6.24. The van der Waals surface area contributed by atoms with Crippen molar-refractivity contribution in [2.45, 2.75) is 31.1 Å². The highest BCUT2D eigenvalue weighted by molar-refractivity contribution is 7.99. The van der Waals surface area contributed by atoms with Gasteiger partial charge < -0.3 is 0 Å². The number of nitriles is 1. The summed E-state index contributed by atoms with van der Waals surface area (Å²) in [6.07, 6.45) is 0.966. The van der Waals surface area contributed by atoms with E-state index in [1.807, 2.05) is 25.6 Å². The summed E-state index contributed by atoms with van der Waals surface area (Å²) in [6.45, 7) is 4.05. The average molecular weight is 217 g/mol. The molecule has 0 bridgehead atoms. The molecule has 1 atom stereocenters. The van der Waals surface area contributed by atoms with Gasteiger partial charge in [-0.05, 0) is 37.8 Å². The second-order valence-corrected chi connectivity index (χ2v) is 5.81. The molecular formula is C13H15NS. The molecule has 1 aromatic carbocycles. The molecular weight excluding hydrogens is 202 g/mol. The minimum absolute atomic E-state index is 0.206. The van der Waals surface area contributed by atoms with Crippen molar-refractivity contribution in [3.05, 3.63) is 29.8 Å². The summed E-state index contributed by atoms with van der Waals surface area (Å²) in [5, 5.41) is 9.05. The van der Waals surface area contributed by atoms with Crippen LogP contribution in [0.2, 0.25) is 0 Å². The van der Waals surface area contributed by atoms with E-state index in [-0.39, 0.29) is 5.41 Å². The molecule has 1 aliphatic heterocycles. The Labute approximate surface area is 95.5 Å². The highest BCUT2D eigenvalue weighted by atomic mass is 32.2. The van der Waals surface area contributed by atoms with Gasteiger partial charge in [0, 0.05) is 10.6 Å². The highest BCUT2D eigenvalue weighted by Crippen LogP contribution is 2.44. The zero-order valence-electron chi connectivity index (χ0n) is 9.16. The van der Waals surface area contributed by atoms with Gasteiger partial charge in [-0.15, -0.1) is 11.8 Å². The molecule has 1 nitrogen and oxygen atoms in total. The second-order valence-electron chi connectivity index (χ2n) is 4.75. The van der Waals surface area contributed by atoms with Crippen molar-refractivity contribution in [3.63, 3.8) is 0 Å². The van der Waals surface area contributed by atoms with Crippen molar-refractivity contribution in [1.82, 2.24) is 0 Å². The van der Waals surface area contributed by atoms with E-state index in [1.54, 1.807) is 0 Å². The van der Waals surface area contributed by atoms with Crippen LogP contribution in [-0.2, 0) is 0 Å². The van der Waals surface area contributed by atoms with Gasteiger partial charge in [0.1, 0.15) is 0 Å². The SMILES string of the molecule is CC(C)(C#N)CC1CSc2ccccc21. The largest absolute Gasteiger partial charge is 0.198 e. The molecule has 0 N–H and O–H groups in total. The van der Waals surface area contributed by atoms with Crippen LogP contribution >= 0.6 is 11.8 Å². The van der Waals surface area contributed by atoms with Crippen LogP contribution in [0.3, 0.4) is 0 Å². The summed E-state index contributed by atoms with van der Waals surface area (Å²) >= 11 is 1.92. The number of hydrogen-bond acceptors (Lipinski definition) is 2. The molecule has 0 radical (unpaired) electrons. The van der Waals surface area contributed by atoms with Crippen LogP contribution in [0.25, 0.3) is 0 Å². The Balaban J connectivity index is 2.19. The van der Waals surface area contributed by atoms with Gasteiger partial charge in [-0.3, -0.25) is 0 Å². The standard InChI is InChI=1S/C13H15NS/c1-13(2,9-14)7-10-8-15-12-6-4-3-5-11(10)12/h3-6,10H,7-8H2,1-2H3. The summed E-state index contributed by atoms with van der Waals surface area (Å²) in [6, 6.07) is 11.0. The van der Waals surface area contributed by atoms with Crippen LogP contribution in [0.1, 0.15) is 31.7 Å². The predicted molar refractivity (Wildman–Crippen MR) is 63.9 cm³/mol. The van der Waals surface area contributed by atoms with Crippen LogP contribution < -0.4 is 0 Å². The Morgan fingerprint density at radius 1 is 1.47 bits per heavy atom. The van der Waals surface area contributed by atoms with Crippen molar-refractivity contribution in [2.24, 2.45) is 5.41 Å². The Hall–Kier alpha value is -0.940. The first-order chi connectivity index (χ1) is 7.12. The number of hydrogen-bond donors (Lipinski definition) is 0. The summed E-state index contributed by atoms with van der Waals surface area (Å²) < 4.78 is 0. The molecule has 0 saturated carbocycles. The molecule has 0 aromatic heterocycles. The minimum Gasteiger partial charge on any atom is -0.198 e. The maximum atomic E-state index is 9.05. The van der Waals surface area contributed by atoms with E-state index in [1.165, 1.54) is 10.5 Å². The van der Waals surface area contributed by atoms with Crippen LogP contribution in [0.15, 0.2) is 29.2 Å². The van der Waals surface area contributed by atoms with Crippen LogP contribution in [0.5, 0.6) is 0 Å². The monoisotopic (exact) mass is 217 g/mol. The van der Waals surface area contributed by atoms with E-state index in [4.69, 9.17) is 5.26 Å². The third-order valence-electron chi connectivity index (χ3n) is 2.86. The number of fused-ring (bicyclic) bond motifs is 1. The van der Waals surface area contributed by atoms with Gasteiger partial charge in [0.25, 0.3) is 0 Å². The third kappa shape index (κ3) is 2.18. The van der Waals surface area contributed by atoms with E-state index < -0.39 is 0 Å². The van der Waals surface area contributed by atoms with Gasteiger partial charge in [0.05, 0.1) is 11.5 Å².